The Morgan fingerprint density at radius 2 is 2.00 bits per heavy atom. The lowest BCUT2D eigenvalue weighted by atomic mass is 10.1. The maximum atomic E-state index is 12.4. The van der Waals surface area contributed by atoms with E-state index in [1.54, 1.807) is 40.5 Å². The van der Waals surface area contributed by atoms with E-state index in [0.717, 1.165) is 6.42 Å². The molecule has 0 unspecified atom stereocenters. The number of carbonyl (C=O) groups is 3. The van der Waals surface area contributed by atoms with Crippen LogP contribution in [0.15, 0.2) is 35.7 Å². The number of amides is 2. The van der Waals surface area contributed by atoms with Gasteiger partial charge in [-0.1, -0.05) is 12.1 Å². The molecule has 0 saturated heterocycles. The molecule has 6 nitrogen and oxygen atoms in total. The third kappa shape index (κ3) is 4.11. The van der Waals surface area contributed by atoms with Gasteiger partial charge in [-0.15, -0.1) is 11.3 Å². The smallest absolute Gasteiger partial charge is 0.339 e. The first kappa shape index (κ1) is 18.1. The summed E-state index contributed by atoms with van der Waals surface area (Å²) in [5.74, 6) is -0.849. The molecule has 0 bridgehead atoms. The first-order chi connectivity index (χ1) is 12.6. The number of benzene rings is 1. The molecule has 0 fully saturated rings. The van der Waals surface area contributed by atoms with E-state index < -0.39 is 5.97 Å². The second kappa shape index (κ2) is 8.14. The zero-order chi connectivity index (χ0) is 18.5. The van der Waals surface area contributed by atoms with Crippen molar-refractivity contribution in [1.29, 1.82) is 0 Å². The van der Waals surface area contributed by atoms with Gasteiger partial charge in [0.2, 0.25) is 11.8 Å². The number of ether oxygens (including phenoxy) is 1. The van der Waals surface area contributed by atoms with Crippen LogP contribution in [0, 0.1) is 0 Å². The van der Waals surface area contributed by atoms with Crippen molar-refractivity contribution in [2.75, 3.05) is 19.0 Å². The number of carbonyl (C=O) groups excluding carboxylic acids is 3. The molecule has 26 heavy (non-hydrogen) atoms. The first-order valence-electron chi connectivity index (χ1n) is 8.38. The molecule has 1 N–H and O–H groups in total. The average molecular weight is 372 g/mol. The van der Waals surface area contributed by atoms with Crippen LogP contribution in [0.2, 0.25) is 0 Å². The van der Waals surface area contributed by atoms with Gasteiger partial charge in [0, 0.05) is 30.8 Å². The van der Waals surface area contributed by atoms with Crippen molar-refractivity contribution >= 4 is 34.8 Å². The van der Waals surface area contributed by atoms with Gasteiger partial charge in [0.1, 0.15) is 0 Å². The Kier molecular flexibility index (Phi) is 5.68. The van der Waals surface area contributed by atoms with E-state index in [-0.39, 0.29) is 30.2 Å². The number of anilines is 1. The lowest BCUT2D eigenvalue weighted by Crippen LogP contribution is -2.35. The van der Waals surface area contributed by atoms with Crippen LogP contribution in [-0.2, 0) is 27.3 Å². The molecular formula is C19H20N2O4S. The third-order valence-corrected chi connectivity index (χ3v) is 5.36. The van der Waals surface area contributed by atoms with Gasteiger partial charge in [0.25, 0.3) is 0 Å². The molecule has 136 valence electrons. The molecule has 0 radical (unpaired) electrons. The van der Waals surface area contributed by atoms with Gasteiger partial charge in [-0.2, -0.15) is 0 Å². The molecule has 1 aliphatic rings. The number of nitrogens with zero attached hydrogens (tertiary/aromatic N) is 1. The maximum Gasteiger partial charge on any atom is 0.339 e. The highest BCUT2D eigenvalue weighted by atomic mass is 32.1. The third-order valence-electron chi connectivity index (χ3n) is 4.33. The predicted octanol–water partition coefficient (Wildman–Crippen LogP) is 2.84. The van der Waals surface area contributed by atoms with Gasteiger partial charge in [-0.05, 0) is 35.6 Å². The summed E-state index contributed by atoms with van der Waals surface area (Å²) in [4.78, 5) is 39.4. The Hall–Kier alpha value is -2.67. The van der Waals surface area contributed by atoms with Crippen molar-refractivity contribution < 1.29 is 19.1 Å². The van der Waals surface area contributed by atoms with E-state index in [4.69, 9.17) is 4.74 Å². The van der Waals surface area contributed by atoms with Gasteiger partial charge in [-0.25, -0.2) is 4.79 Å². The minimum atomic E-state index is -0.517. The van der Waals surface area contributed by atoms with Crippen LogP contribution < -0.4 is 5.32 Å². The Balaban J connectivity index is 1.53. The van der Waals surface area contributed by atoms with Gasteiger partial charge in [0.05, 0.1) is 18.4 Å². The molecule has 2 aromatic rings. The van der Waals surface area contributed by atoms with Crippen LogP contribution in [-0.4, -0.2) is 36.3 Å². The highest BCUT2D eigenvalue weighted by molar-refractivity contribution is 7.10. The van der Waals surface area contributed by atoms with Crippen LogP contribution in [0.25, 0.3) is 0 Å². The normalized spacial score (nSPS) is 13.0. The van der Waals surface area contributed by atoms with E-state index in [2.05, 4.69) is 11.4 Å². The SMILES string of the molecule is COC(=O)c1ccccc1NC(=O)CCC(=O)N1CCc2sccc2C1. The fourth-order valence-corrected chi connectivity index (χ4v) is 3.82. The van der Waals surface area contributed by atoms with Gasteiger partial charge in [-0.3, -0.25) is 9.59 Å². The van der Waals surface area contributed by atoms with Gasteiger partial charge in [0.15, 0.2) is 0 Å². The lowest BCUT2D eigenvalue weighted by molar-refractivity contribution is -0.133. The van der Waals surface area contributed by atoms with E-state index in [1.165, 1.54) is 17.6 Å². The number of esters is 1. The second-order valence-electron chi connectivity index (χ2n) is 6.02. The Bertz CT molecular complexity index is 830. The molecule has 2 heterocycles. The zero-order valence-electron chi connectivity index (χ0n) is 14.5. The molecule has 0 aliphatic carbocycles. The monoisotopic (exact) mass is 372 g/mol. The number of thiophene rings is 1. The van der Waals surface area contributed by atoms with Crippen molar-refractivity contribution in [2.24, 2.45) is 0 Å². The van der Waals surface area contributed by atoms with Crippen molar-refractivity contribution in [3.8, 4) is 0 Å². The summed E-state index contributed by atoms with van der Waals surface area (Å²) >= 11 is 1.72. The van der Waals surface area contributed by atoms with Gasteiger partial charge < -0.3 is 15.0 Å². The molecule has 3 rings (SSSR count). The number of rotatable bonds is 5. The fraction of sp³-hybridized carbons (Fsp3) is 0.316. The second-order valence-corrected chi connectivity index (χ2v) is 7.02. The highest BCUT2D eigenvalue weighted by Crippen LogP contribution is 2.24. The topological polar surface area (TPSA) is 75.7 Å². The van der Waals surface area contributed by atoms with Crippen LogP contribution in [0.1, 0.15) is 33.6 Å². The number of hydrogen-bond donors (Lipinski definition) is 1. The fourth-order valence-electron chi connectivity index (χ4n) is 2.93. The number of nitrogens with one attached hydrogen (secondary N) is 1. The van der Waals surface area contributed by atoms with Gasteiger partial charge >= 0.3 is 5.97 Å². The molecule has 0 atom stereocenters. The molecule has 1 aromatic heterocycles. The predicted molar refractivity (Wildman–Crippen MR) is 99.1 cm³/mol. The van der Waals surface area contributed by atoms with E-state index in [9.17, 15) is 14.4 Å². The summed E-state index contributed by atoms with van der Waals surface area (Å²) in [6.45, 7) is 1.31. The minimum Gasteiger partial charge on any atom is -0.465 e. The molecular weight excluding hydrogens is 352 g/mol. The summed E-state index contributed by atoms with van der Waals surface area (Å²) in [7, 11) is 1.29. The molecule has 0 saturated carbocycles. The Morgan fingerprint density at radius 3 is 2.81 bits per heavy atom. The van der Waals surface area contributed by atoms with Crippen LogP contribution in [0.5, 0.6) is 0 Å². The lowest BCUT2D eigenvalue weighted by Gasteiger charge is -2.27. The van der Waals surface area contributed by atoms with E-state index >= 15 is 0 Å². The summed E-state index contributed by atoms with van der Waals surface area (Å²) in [6.07, 6.45) is 1.09. The van der Waals surface area contributed by atoms with Crippen LogP contribution >= 0.6 is 11.3 Å². The summed E-state index contributed by atoms with van der Waals surface area (Å²) in [6, 6.07) is 8.68. The number of methoxy groups -OCH3 is 1. The molecule has 1 aromatic carbocycles. The molecule has 2 amide bonds. The minimum absolute atomic E-state index is 0.0294. The number of hydrogen-bond acceptors (Lipinski definition) is 5. The van der Waals surface area contributed by atoms with E-state index in [0.29, 0.717) is 18.8 Å². The van der Waals surface area contributed by atoms with E-state index in [1.807, 2.05) is 5.38 Å². The molecule has 7 heteroatoms. The molecule has 0 spiro atoms. The number of fused-ring (bicyclic) bond motifs is 1. The van der Waals surface area contributed by atoms with Crippen molar-refractivity contribution in [3.63, 3.8) is 0 Å². The van der Waals surface area contributed by atoms with Crippen LogP contribution in [0.4, 0.5) is 5.69 Å². The highest BCUT2D eigenvalue weighted by Gasteiger charge is 2.22. The summed E-state index contributed by atoms with van der Waals surface area (Å²) in [5.41, 5.74) is 1.87. The number of para-hydroxylation sites is 1. The maximum absolute atomic E-state index is 12.4. The Morgan fingerprint density at radius 1 is 1.19 bits per heavy atom. The van der Waals surface area contributed by atoms with Crippen molar-refractivity contribution in [2.45, 2.75) is 25.8 Å². The zero-order valence-corrected chi connectivity index (χ0v) is 15.3. The first-order valence-corrected chi connectivity index (χ1v) is 9.26. The molecule has 1 aliphatic heterocycles. The average Bonchev–Trinajstić information content (AvgIpc) is 3.13. The largest absolute Gasteiger partial charge is 0.465 e. The quantitative estimate of drug-likeness (QED) is 0.819. The van der Waals surface area contributed by atoms with Crippen molar-refractivity contribution in [1.82, 2.24) is 4.90 Å². The van der Waals surface area contributed by atoms with Crippen molar-refractivity contribution in [3.05, 3.63) is 51.7 Å². The standard InChI is InChI=1S/C19H20N2O4S/c1-25-19(24)14-4-2-3-5-15(14)20-17(22)6-7-18(23)21-10-8-16-13(12-21)9-11-26-16/h2-5,9,11H,6-8,10,12H2,1H3,(H,20,22). The Labute approximate surface area is 155 Å². The summed E-state index contributed by atoms with van der Waals surface area (Å²) < 4.78 is 4.71. The summed E-state index contributed by atoms with van der Waals surface area (Å²) in [5, 5.41) is 4.73. The van der Waals surface area contributed by atoms with Crippen LogP contribution in [0.3, 0.4) is 0 Å².